The van der Waals surface area contributed by atoms with E-state index in [0.717, 1.165) is 5.75 Å². The molecule has 0 aliphatic rings. The van der Waals surface area contributed by atoms with Crippen molar-refractivity contribution in [2.24, 2.45) is 5.73 Å². The third kappa shape index (κ3) is 1.98. The number of nitrogens with one attached hydrogen (secondary N) is 1. The van der Waals surface area contributed by atoms with Crippen LogP contribution in [0.4, 0.5) is 0 Å². The van der Waals surface area contributed by atoms with Gasteiger partial charge in [0.25, 0.3) is 0 Å². The van der Waals surface area contributed by atoms with Crippen molar-refractivity contribution in [2.45, 2.75) is 5.16 Å². The van der Waals surface area contributed by atoms with E-state index >= 15 is 0 Å². The van der Waals surface area contributed by atoms with Crippen LogP contribution in [0.15, 0.2) is 5.16 Å². The van der Waals surface area contributed by atoms with E-state index in [4.69, 9.17) is 5.73 Å². The summed E-state index contributed by atoms with van der Waals surface area (Å²) in [6.07, 6.45) is 0. The number of hydrogen-bond acceptors (Lipinski definition) is 5. The van der Waals surface area contributed by atoms with Crippen molar-refractivity contribution < 1.29 is 0 Å². The fourth-order valence-corrected chi connectivity index (χ4v) is 0.868. The van der Waals surface area contributed by atoms with Gasteiger partial charge in [0.15, 0.2) is 0 Å². The van der Waals surface area contributed by atoms with Gasteiger partial charge in [-0.1, -0.05) is 11.8 Å². The maximum absolute atomic E-state index is 5.24. The maximum Gasteiger partial charge on any atom is 0.230 e. The SMILES string of the molecule is NCCSc1nn[nH]n1. The number of H-pyrrole nitrogens is 1. The van der Waals surface area contributed by atoms with Gasteiger partial charge in [0.05, 0.1) is 0 Å². The van der Waals surface area contributed by atoms with Crippen LogP contribution in [0, 0.1) is 0 Å². The third-order valence-electron chi connectivity index (χ3n) is 0.675. The summed E-state index contributed by atoms with van der Waals surface area (Å²) >= 11 is 1.49. The first kappa shape index (κ1) is 6.50. The minimum atomic E-state index is 0.638. The van der Waals surface area contributed by atoms with Gasteiger partial charge in [-0.15, -0.1) is 10.2 Å². The molecule has 0 aliphatic heterocycles. The van der Waals surface area contributed by atoms with Crippen molar-refractivity contribution in [3.63, 3.8) is 0 Å². The predicted molar refractivity (Wildman–Crippen MR) is 34.0 cm³/mol. The number of aromatic amines is 1. The van der Waals surface area contributed by atoms with E-state index in [1.54, 1.807) is 0 Å². The molecule has 0 aliphatic carbocycles. The van der Waals surface area contributed by atoms with Crippen LogP contribution < -0.4 is 5.73 Å². The van der Waals surface area contributed by atoms with Crippen LogP contribution in [0.25, 0.3) is 0 Å². The van der Waals surface area contributed by atoms with E-state index in [0.29, 0.717) is 11.7 Å². The highest BCUT2D eigenvalue weighted by Crippen LogP contribution is 2.06. The predicted octanol–water partition coefficient (Wildman–Crippen LogP) is -0.750. The van der Waals surface area contributed by atoms with Crippen LogP contribution in [0.1, 0.15) is 0 Å². The van der Waals surface area contributed by atoms with E-state index < -0.39 is 0 Å². The Kier molecular flexibility index (Phi) is 2.47. The highest BCUT2D eigenvalue weighted by molar-refractivity contribution is 7.99. The topological polar surface area (TPSA) is 80.5 Å². The second kappa shape index (κ2) is 3.41. The van der Waals surface area contributed by atoms with E-state index in [9.17, 15) is 0 Å². The van der Waals surface area contributed by atoms with Crippen LogP contribution >= 0.6 is 11.8 Å². The van der Waals surface area contributed by atoms with E-state index in [1.807, 2.05) is 0 Å². The van der Waals surface area contributed by atoms with E-state index in [1.165, 1.54) is 11.8 Å². The summed E-state index contributed by atoms with van der Waals surface area (Å²) in [5, 5.41) is 13.8. The Hall–Kier alpha value is -0.620. The van der Waals surface area contributed by atoms with Gasteiger partial charge in [0.1, 0.15) is 0 Å². The molecule has 0 unspecified atom stereocenters. The van der Waals surface area contributed by atoms with Gasteiger partial charge in [-0.05, 0) is 5.21 Å². The zero-order chi connectivity index (χ0) is 6.53. The lowest BCUT2D eigenvalue weighted by Gasteiger charge is -1.86. The molecule has 1 aromatic rings. The average molecular weight is 145 g/mol. The summed E-state index contributed by atoms with van der Waals surface area (Å²) in [4.78, 5) is 0. The molecule has 1 heterocycles. The molecular formula is C3H7N5S. The maximum atomic E-state index is 5.24. The first-order valence-electron chi connectivity index (χ1n) is 2.50. The van der Waals surface area contributed by atoms with Crippen LogP contribution in [-0.2, 0) is 0 Å². The standard InChI is InChI=1S/C3H7N5S/c4-1-2-9-3-5-7-8-6-3/h1-2,4H2,(H,5,6,7,8). The molecule has 0 saturated carbocycles. The largest absolute Gasteiger partial charge is 0.330 e. The van der Waals surface area contributed by atoms with Crippen molar-refractivity contribution in [2.75, 3.05) is 12.3 Å². The molecule has 0 atom stereocenters. The van der Waals surface area contributed by atoms with Gasteiger partial charge in [0, 0.05) is 12.3 Å². The minimum Gasteiger partial charge on any atom is -0.330 e. The van der Waals surface area contributed by atoms with Crippen LogP contribution in [0.2, 0.25) is 0 Å². The summed E-state index contributed by atoms with van der Waals surface area (Å²) in [6, 6.07) is 0. The van der Waals surface area contributed by atoms with E-state index in [2.05, 4.69) is 20.6 Å². The normalized spacial score (nSPS) is 9.89. The Balaban J connectivity index is 2.30. The van der Waals surface area contributed by atoms with Crippen LogP contribution in [-0.4, -0.2) is 32.9 Å². The molecule has 50 valence electrons. The molecular weight excluding hydrogens is 138 g/mol. The molecule has 1 aromatic heterocycles. The smallest absolute Gasteiger partial charge is 0.230 e. The van der Waals surface area contributed by atoms with Crippen molar-refractivity contribution in [1.29, 1.82) is 0 Å². The van der Waals surface area contributed by atoms with Crippen molar-refractivity contribution >= 4 is 11.8 Å². The molecule has 5 nitrogen and oxygen atoms in total. The average Bonchev–Trinajstić information content (AvgIpc) is 2.34. The second-order valence-corrected chi connectivity index (χ2v) is 2.39. The van der Waals surface area contributed by atoms with Crippen LogP contribution in [0.3, 0.4) is 0 Å². The number of aromatic nitrogens is 4. The van der Waals surface area contributed by atoms with Gasteiger partial charge in [-0.25, -0.2) is 0 Å². The quantitative estimate of drug-likeness (QED) is 0.547. The molecule has 6 heteroatoms. The lowest BCUT2D eigenvalue weighted by atomic mass is 10.8. The van der Waals surface area contributed by atoms with E-state index in [-0.39, 0.29) is 0 Å². The molecule has 0 bridgehead atoms. The Morgan fingerprint density at radius 3 is 3.11 bits per heavy atom. The zero-order valence-corrected chi connectivity index (χ0v) is 5.56. The Morgan fingerprint density at radius 1 is 1.67 bits per heavy atom. The van der Waals surface area contributed by atoms with Gasteiger partial charge < -0.3 is 5.73 Å². The number of thioether (sulfide) groups is 1. The van der Waals surface area contributed by atoms with Gasteiger partial charge >= 0.3 is 0 Å². The fourth-order valence-electron chi connectivity index (χ4n) is 0.364. The van der Waals surface area contributed by atoms with Crippen molar-refractivity contribution in [1.82, 2.24) is 20.6 Å². The highest BCUT2D eigenvalue weighted by atomic mass is 32.2. The number of nitrogens with two attached hydrogens (primary N) is 1. The zero-order valence-electron chi connectivity index (χ0n) is 4.74. The third-order valence-corrected chi connectivity index (χ3v) is 1.55. The molecule has 0 aromatic carbocycles. The Bertz CT molecular complexity index is 149. The molecule has 0 amide bonds. The molecule has 3 N–H and O–H groups in total. The first-order valence-corrected chi connectivity index (χ1v) is 3.48. The molecule has 0 radical (unpaired) electrons. The molecule has 0 spiro atoms. The molecule has 1 rings (SSSR count). The number of tetrazole rings is 1. The first-order chi connectivity index (χ1) is 4.43. The minimum absolute atomic E-state index is 0.638. The summed E-state index contributed by atoms with van der Waals surface area (Å²) < 4.78 is 0. The monoisotopic (exact) mass is 145 g/mol. The molecule has 9 heavy (non-hydrogen) atoms. The summed E-state index contributed by atoms with van der Waals surface area (Å²) in [7, 11) is 0. The van der Waals surface area contributed by atoms with Gasteiger partial charge in [-0.2, -0.15) is 5.21 Å². The summed E-state index contributed by atoms with van der Waals surface area (Å²) in [5.74, 6) is 0.833. The molecule has 0 saturated heterocycles. The van der Waals surface area contributed by atoms with Gasteiger partial charge in [0.2, 0.25) is 5.16 Å². The highest BCUT2D eigenvalue weighted by Gasteiger charge is 1.94. The Labute approximate surface area is 56.4 Å². The summed E-state index contributed by atoms with van der Waals surface area (Å²) in [6.45, 7) is 0.638. The number of rotatable bonds is 3. The molecule has 0 fully saturated rings. The number of hydrogen-bond donors (Lipinski definition) is 2. The lowest BCUT2D eigenvalue weighted by Crippen LogP contribution is -2.01. The second-order valence-electron chi connectivity index (χ2n) is 1.33. The van der Waals surface area contributed by atoms with Crippen molar-refractivity contribution in [3.8, 4) is 0 Å². The van der Waals surface area contributed by atoms with Crippen molar-refractivity contribution in [3.05, 3.63) is 0 Å². The lowest BCUT2D eigenvalue weighted by molar-refractivity contribution is 0.881. The Morgan fingerprint density at radius 2 is 2.56 bits per heavy atom. The van der Waals surface area contributed by atoms with Gasteiger partial charge in [-0.3, -0.25) is 0 Å². The fraction of sp³-hybridized carbons (Fsp3) is 0.667. The summed E-state index contributed by atoms with van der Waals surface area (Å²) in [5.41, 5.74) is 5.24. The van der Waals surface area contributed by atoms with Crippen LogP contribution in [0.5, 0.6) is 0 Å². The number of nitrogens with zero attached hydrogens (tertiary/aromatic N) is 3.